The average Bonchev–Trinajstić information content (AvgIpc) is 1.65. The molecule has 34 valence electrons. The lowest BCUT2D eigenvalue weighted by atomic mass is 10.7. The van der Waals surface area contributed by atoms with E-state index in [2.05, 4.69) is 16.7 Å². The van der Waals surface area contributed by atoms with Gasteiger partial charge in [-0.3, -0.25) is 4.99 Å². The maximum atomic E-state index is 3.56. The molecule has 0 aliphatic rings. The monoisotopic (exact) mass is 85.1 g/mol. The van der Waals surface area contributed by atoms with Gasteiger partial charge in [0, 0.05) is 6.92 Å². The standard InChI is InChI=1S/C4H8N2/c1-4(5-2)6-3/h2H2,1,3H3/p+1. The first-order valence-electron chi connectivity index (χ1n) is 1.79. The van der Waals surface area contributed by atoms with Crippen molar-refractivity contribution >= 4 is 12.6 Å². The molecule has 0 spiro atoms. The van der Waals surface area contributed by atoms with E-state index < -0.39 is 0 Å². The SMILES string of the molecule is C=NC(C)=[NH+]C. The van der Waals surface area contributed by atoms with Gasteiger partial charge in [-0.2, -0.15) is 0 Å². The highest BCUT2D eigenvalue weighted by Gasteiger charge is 1.81. The number of aliphatic imine (C=N–C) groups is 1. The molecule has 0 radical (unpaired) electrons. The molecule has 0 amide bonds. The highest BCUT2D eigenvalue weighted by Crippen LogP contribution is 1.54. The van der Waals surface area contributed by atoms with E-state index in [1.54, 1.807) is 0 Å². The van der Waals surface area contributed by atoms with Crippen LogP contribution in [-0.4, -0.2) is 19.6 Å². The molecule has 0 rings (SSSR count). The maximum absolute atomic E-state index is 3.56. The summed E-state index contributed by atoms with van der Waals surface area (Å²) in [5, 5.41) is 0. The van der Waals surface area contributed by atoms with Gasteiger partial charge in [-0.1, -0.05) is 4.99 Å². The van der Waals surface area contributed by atoms with Crippen LogP contribution in [0.3, 0.4) is 0 Å². The molecule has 0 unspecified atom stereocenters. The zero-order chi connectivity index (χ0) is 4.99. The minimum atomic E-state index is 0.856. The summed E-state index contributed by atoms with van der Waals surface area (Å²) in [6.07, 6.45) is 0. The molecule has 0 bridgehead atoms. The Balaban J connectivity index is 3.50. The molecular weight excluding hydrogens is 76.1 g/mol. The Morgan fingerprint density at radius 2 is 2.33 bits per heavy atom. The van der Waals surface area contributed by atoms with E-state index in [0.717, 1.165) is 5.84 Å². The van der Waals surface area contributed by atoms with Crippen molar-refractivity contribution in [1.82, 2.24) is 0 Å². The van der Waals surface area contributed by atoms with Crippen molar-refractivity contribution in [3.8, 4) is 0 Å². The Morgan fingerprint density at radius 3 is 2.33 bits per heavy atom. The van der Waals surface area contributed by atoms with Crippen molar-refractivity contribution in [3.05, 3.63) is 0 Å². The second-order valence-electron chi connectivity index (χ2n) is 0.994. The molecule has 2 heteroatoms. The third kappa shape index (κ3) is 1.64. The summed E-state index contributed by atoms with van der Waals surface area (Å²) >= 11 is 0. The van der Waals surface area contributed by atoms with Gasteiger partial charge in [-0.25, -0.2) is 0 Å². The van der Waals surface area contributed by atoms with Crippen molar-refractivity contribution in [2.24, 2.45) is 4.99 Å². The number of hydrogen-bond donors (Lipinski definition) is 1. The Kier molecular flexibility index (Phi) is 2.29. The Morgan fingerprint density at radius 1 is 1.83 bits per heavy atom. The van der Waals surface area contributed by atoms with Gasteiger partial charge in [0.15, 0.2) is 0 Å². The third-order valence-electron chi connectivity index (χ3n) is 0.599. The second-order valence-corrected chi connectivity index (χ2v) is 0.994. The number of amidine groups is 1. The van der Waals surface area contributed by atoms with E-state index in [1.807, 2.05) is 14.0 Å². The average molecular weight is 85.1 g/mol. The van der Waals surface area contributed by atoms with Gasteiger partial charge >= 0.3 is 0 Å². The van der Waals surface area contributed by atoms with E-state index >= 15 is 0 Å². The van der Waals surface area contributed by atoms with E-state index in [0.29, 0.717) is 0 Å². The van der Waals surface area contributed by atoms with Crippen LogP contribution in [-0.2, 0) is 0 Å². The number of nitrogens with zero attached hydrogens (tertiary/aromatic N) is 1. The molecule has 0 aromatic carbocycles. The van der Waals surface area contributed by atoms with Crippen LogP contribution in [0.4, 0.5) is 0 Å². The van der Waals surface area contributed by atoms with Gasteiger partial charge in [0.1, 0.15) is 6.72 Å². The molecule has 0 fully saturated rings. The van der Waals surface area contributed by atoms with Gasteiger partial charge in [0.05, 0.1) is 7.05 Å². The third-order valence-corrected chi connectivity index (χ3v) is 0.599. The predicted molar refractivity (Wildman–Crippen MR) is 27.1 cm³/mol. The Labute approximate surface area is 37.6 Å². The largest absolute Gasteiger partial charge is 0.287 e. The van der Waals surface area contributed by atoms with Gasteiger partial charge in [0.25, 0.3) is 5.84 Å². The minimum Gasteiger partial charge on any atom is -0.278 e. The number of rotatable bonds is 0. The summed E-state index contributed by atoms with van der Waals surface area (Å²) in [7, 11) is 1.81. The quantitative estimate of drug-likeness (QED) is 0.283. The molecule has 0 saturated carbocycles. The molecule has 0 atom stereocenters. The molecule has 0 aromatic rings. The summed E-state index contributed by atoms with van der Waals surface area (Å²) in [6.45, 7) is 5.14. The lowest BCUT2D eigenvalue weighted by Gasteiger charge is -1.67. The lowest BCUT2D eigenvalue weighted by Crippen LogP contribution is -2.66. The van der Waals surface area contributed by atoms with Crippen molar-refractivity contribution < 1.29 is 4.99 Å². The topological polar surface area (TPSA) is 26.3 Å². The number of hydrogen-bond acceptors (Lipinski definition) is 0. The predicted octanol–water partition coefficient (Wildman–Crippen LogP) is -1.18. The van der Waals surface area contributed by atoms with E-state index in [9.17, 15) is 0 Å². The maximum Gasteiger partial charge on any atom is 0.287 e. The fraction of sp³-hybridized carbons (Fsp3) is 0.500. The van der Waals surface area contributed by atoms with Crippen LogP contribution in [0.1, 0.15) is 6.92 Å². The van der Waals surface area contributed by atoms with Crippen LogP contribution in [0.15, 0.2) is 4.99 Å². The minimum absolute atomic E-state index is 0.856. The van der Waals surface area contributed by atoms with Gasteiger partial charge in [-0.05, 0) is 0 Å². The van der Waals surface area contributed by atoms with Gasteiger partial charge in [-0.15, -0.1) is 0 Å². The molecule has 1 N–H and O–H groups in total. The van der Waals surface area contributed by atoms with Crippen LogP contribution < -0.4 is 4.99 Å². The van der Waals surface area contributed by atoms with Crippen LogP contribution in [0.2, 0.25) is 0 Å². The first kappa shape index (κ1) is 5.34. The van der Waals surface area contributed by atoms with Crippen LogP contribution in [0, 0.1) is 0 Å². The fourth-order valence-corrected chi connectivity index (χ4v) is 0.0791. The highest BCUT2D eigenvalue weighted by atomic mass is 14.9. The first-order valence-corrected chi connectivity index (χ1v) is 1.79. The van der Waals surface area contributed by atoms with Crippen LogP contribution in [0.5, 0.6) is 0 Å². The fourth-order valence-electron chi connectivity index (χ4n) is 0.0791. The summed E-state index contributed by atoms with van der Waals surface area (Å²) in [5.74, 6) is 0.856. The van der Waals surface area contributed by atoms with Crippen molar-refractivity contribution in [2.75, 3.05) is 7.05 Å². The van der Waals surface area contributed by atoms with Crippen LogP contribution >= 0.6 is 0 Å². The summed E-state index contributed by atoms with van der Waals surface area (Å²) in [6, 6.07) is 0. The zero-order valence-electron chi connectivity index (χ0n) is 4.15. The molecule has 0 aliphatic carbocycles. The summed E-state index contributed by atoms with van der Waals surface area (Å²) in [4.78, 5) is 6.36. The van der Waals surface area contributed by atoms with Gasteiger partial charge < -0.3 is 0 Å². The van der Waals surface area contributed by atoms with Gasteiger partial charge in [0.2, 0.25) is 0 Å². The van der Waals surface area contributed by atoms with Crippen molar-refractivity contribution in [2.45, 2.75) is 6.92 Å². The smallest absolute Gasteiger partial charge is 0.278 e. The zero-order valence-corrected chi connectivity index (χ0v) is 4.15. The van der Waals surface area contributed by atoms with E-state index in [-0.39, 0.29) is 0 Å². The first-order chi connectivity index (χ1) is 2.81. The van der Waals surface area contributed by atoms with E-state index in [4.69, 9.17) is 0 Å². The highest BCUT2D eigenvalue weighted by molar-refractivity contribution is 5.78. The second kappa shape index (κ2) is 2.57. The lowest BCUT2D eigenvalue weighted by molar-refractivity contribution is -0.421. The summed E-state index contributed by atoms with van der Waals surface area (Å²) in [5.41, 5.74) is 0. The van der Waals surface area contributed by atoms with Crippen molar-refractivity contribution in [3.63, 3.8) is 0 Å². The van der Waals surface area contributed by atoms with E-state index in [1.165, 1.54) is 0 Å². The molecule has 0 aliphatic heterocycles. The molecule has 0 saturated heterocycles. The van der Waals surface area contributed by atoms with Crippen LogP contribution in [0.25, 0.3) is 0 Å². The molecular formula is C4H9N2+. The van der Waals surface area contributed by atoms with Crippen molar-refractivity contribution in [1.29, 1.82) is 0 Å². The normalized spacial score (nSPS) is 11.3. The summed E-state index contributed by atoms with van der Waals surface area (Å²) < 4.78 is 0. The molecule has 2 nitrogen and oxygen atoms in total. The number of nitrogens with one attached hydrogen (secondary N) is 1. The molecule has 0 heterocycles. The molecule has 0 aromatic heterocycles. The molecule has 6 heavy (non-hydrogen) atoms. The Hall–Kier alpha value is -0.660. The Bertz CT molecular complexity index is 73.6.